The van der Waals surface area contributed by atoms with Crippen molar-refractivity contribution in [3.8, 4) is 0 Å². The average molecular weight is 466 g/mol. The molecule has 14 heteroatoms. The molecule has 0 saturated carbocycles. The van der Waals surface area contributed by atoms with Crippen LogP contribution in [-0.4, -0.2) is 78.6 Å². The zero-order chi connectivity index (χ0) is 22.9. The van der Waals surface area contributed by atoms with Crippen molar-refractivity contribution in [2.24, 2.45) is 0 Å². The smallest absolute Gasteiger partial charge is 0.332 e. The average Bonchev–Trinajstić information content (AvgIpc) is 2.63. The Balaban J connectivity index is 3.25. The molecule has 1 rings (SSSR count). The van der Waals surface area contributed by atoms with Gasteiger partial charge in [-0.05, 0) is 17.7 Å². The minimum atomic E-state index is -3.74. The second kappa shape index (κ2) is 11.0. The van der Waals surface area contributed by atoms with Gasteiger partial charge in [-0.1, -0.05) is 0 Å². The zero-order valence-corrected chi connectivity index (χ0v) is 18.1. The third kappa shape index (κ3) is 9.78. The predicted molar refractivity (Wildman–Crippen MR) is 106 cm³/mol. The van der Waals surface area contributed by atoms with Gasteiger partial charge in [0.05, 0.1) is 43.5 Å². The molecule has 0 fully saturated rings. The number of methoxy groups -OCH3 is 1. The van der Waals surface area contributed by atoms with E-state index in [0.717, 1.165) is 25.7 Å². The number of nitro benzene ring substituents is 1. The van der Waals surface area contributed by atoms with E-state index in [1.165, 1.54) is 29.2 Å². The molecule has 0 aliphatic rings. The van der Waals surface area contributed by atoms with Gasteiger partial charge in [0.2, 0.25) is 0 Å². The standard InChI is InChI=1S/C16H22N2O10S2/c1-26-16(19)12-15(13-4-6-14(7-5-13)18(20)21)17(8-10-27-29(2,22)23)9-11-28-30(3,24)25/h4-7,12H,8-11H2,1-3H3/b15-12+. The number of non-ortho nitro benzene ring substituents is 1. The number of nitro groups is 1. The van der Waals surface area contributed by atoms with Crippen molar-refractivity contribution in [1.82, 2.24) is 4.90 Å². The Labute approximate surface area is 174 Å². The van der Waals surface area contributed by atoms with Crippen LogP contribution < -0.4 is 0 Å². The molecule has 12 nitrogen and oxygen atoms in total. The summed E-state index contributed by atoms with van der Waals surface area (Å²) in [4.78, 5) is 23.6. The van der Waals surface area contributed by atoms with Gasteiger partial charge in [-0.15, -0.1) is 0 Å². The predicted octanol–water partition coefficient (Wildman–Crippen LogP) is 0.363. The summed E-state index contributed by atoms with van der Waals surface area (Å²) in [5.74, 6) is -0.749. The van der Waals surface area contributed by atoms with Gasteiger partial charge in [0, 0.05) is 31.3 Å². The van der Waals surface area contributed by atoms with Gasteiger partial charge in [-0.25, -0.2) is 4.79 Å². The quantitative estimate of drug-likeness (QED) is 0.138. The van der Waals surface area contributed by atoms with E-state index in [1.54, 1.807) is 0 Å². The fourth-order valence-electron chi connectivity index (χ4n) is 2.23. The van der Waals surface area contributed by atoms with E-state index in [2.05, 4.69) is 4.74 Å². The third-order valence-corrected chi connectivity index (χ3v) is 4.68. The van der Waals surface area contributed by atoms with Crippen molar-refractivity contribution in [2.45, 2.75) is 0 Å². The van der Waals surface area contributed by atoms with Crippen LogP contribution in [0, 0.1) is 10.1 Å². The second-order valence-corrected chi connectivity index (χ2v) is 9.18. The lowest BCUT2D eigenvalue weighted by atomic mass is 10.1. The molecule has 0 unspecified atom stereocenters. The van der Waals surface area contributed by atoms with E-state index in [-0.39, 0.29) is 37.7 Å². The molecule has 1 aromatic rings. The SMILES string of the molecule is COC(=O)/C=C(\c1ccc([N+](=O)[O-])cc1)N(CCOS(C)(=O)=O)CCOS(C)(=O)=O. The molecule has 0 radical (unpaired) electrons. The Hall–Kier alpha value is -2.55. The molecule has 168 valence electrons. The van der Waals surface area contributed by atoms with Crippen molar-refractivity contribution in [3.63, 3.8) is 0 Å². The van der Waals surface area contributed by atoms with Gasteiger partial charge in [0.25, 0.3) is 25.9 Å². The lowest BCUT2D eigenvalue weighted by Crippen LogP contribution is -2.31. The van der Waals surface area contributed by atoms with Crippen molar-refractivity contribution in [2.75, 3.05) is 45.9 Å². The lowest BCUT2D eigenvalue weighted by molar-refractivity contribution is -0.384. The highest BCUT2D eigenvalue weighted by atomic mass is 32.2. The van der Waals surface area contributed by atoms with E-state index in [0.29, 0.717) is 5.56 Å². The van der Waals surface area contributed by atoms with Crippen LogP contribution in [-0.2, 0) is 38.1 Å². The summed E-state index contributed by atoms with van der Waals surface area (Å²) in [6.07, 6.45) is 2.82. The molecule has 30 heavy (non-hydrogen) atoms. The first-order valence-electron chi connectivity index (χ1n) is 8.30. The molecular formula is C16H22N2O10S2. The maximum atomic E-state index is 11.9. The van der Waals surface area contributed by atoms with Crippen molar-refractivity contribution in [1.29, 1.82) is 0 Å². The number of nitrogens with zero attached hydrogens (tertiary/aromatic N) is 2. The number of rotatable bonds is 12. The number of carbonyl (C=O) groups excluding carboxylic acids is 1. The highest BCUT2D eigenvalue weighted by molar-refractivity contribution is 7.86. The molecule has 0 heterocycles. The Morgan fingerprint density at radius 2 is 1.50 bits per heavy atom. The molecule has 0 aliphatic heterocycles. The van der Waals surface area contributed by atoms with Gasteiger partial charge in [-0.2, -0.15) is 16.8 Å². The normalized spacial score (nSPS) is 12.4. The summed E-state index contributed by atoms with van der Waals surface area (Å²) in [5, 5.41) is 10.9. The third-order valence-electron chi connectivity index (χ3n) is 3.49. The summed E-state index contributed by atoms with van der Waals surface area (Å²) >= 11 is 0. The molecule has 0 amide bonds. The molecule has 0 N–H and O–H groups in total. The maximum absolute atomic E-state index is 11.9. The van der Waals surface area contributed by atoms with E-state index < -0.39 is 31.1 Å². The summed E-state index contributed by atoms with van der Waals surface area (Å²) in [5.41, 5.74) is 0.388. The molecular weight excluding hydrogens is 444 g/mol. The van der Waals surface area contributed by atoms with Crippen LogP contribution in [0.3, 0.4) is 0 Å². The molecule has 0 atom stereocenters. The number of hydrogen-bond acceptors (Lipinski definition) is 11. The Morgan fingerprint density at radius 1 is 1.03 bits per heavy atom. The fourth-order valence-corrected chi connectivity index (χ4v) is 2.99. The molecule has 1 aromatic carbocycles. The van der Waals surface area contributed by atoms with Gasteiger partial charge in [0.15, 0.2) is 0 Å². The molecule has 0 aliphatic carbocycles. The highest BCUT2D eigenvalue weighted by Crippen LogP contribution is 2.22. The summed E-state index contributed by atoms with van der Waals surface area (Å²) < 4.78 is 59.0. The molecule has 0 saturated heterocycles. The van der Waals surface area contributed by atoms with E-state index in [9.17, 15) is 31.7 Å². The van der Waals surface area contributed by atoms with E-state index >= 15 is 0 Å². The summed E-state index contributed by atoms with van der Waals surface area (Å²) in [6.45, 7) is -0.744. The number of benzene rings is 1. The Bertz CT molecular complexity index is 947. The van der Waals surface area contributed by atoms with Crippen molar-refractivity contribution < 1.29 is 39.7 Å². The van der Waals surface area contributed by atoms with Gasteiger partial charge in [-0.3, -0.25) is 18.5 Å². The maximum Gasteiger partial charge on any atom is 0.332 e. The van der Waals surface area contributed by atoms with Gasteiger partial charge < -0.3 is 9.64 Å². The number of hydrogen-bond donors (Lipinski definition) is 0. The van der Waals surface area contributed by atoms with Gasteiger partial charge in [0.1, 0.15) is 0 Å². The van der Waals surface area contributed by atoms with Crippen LogP contribution in [0.4, 0.5) is 5.69 Å². The Morgan fingerprint density at radius 3 is 1.87 bits per heavy atom. The monoisotopic (exact) mass is 466 g/mol. The first-order chi connectivity index (χ1) is 13.8. The molecule has 0 spiro atoms. The topological polar surface area (TPSA) is 159 Å². The van der Waals surface area contributed by atoms with Crippen LogP contribution >= 0.6 is 0 Å². The number of esters is 1. The fraction of sp³-hybridized carbons (Fsp3) is 0.438. The second-order valence-electron chi connectivity index (χ2n) is 5.90. The molecule has 0 aromatic heterocycles. The van der Waals surface area contributed by atoms with E-state index in [4.69, 9.17) is 8.37 Å². The van der Waals surface area contributed by atoms with Crippen LogP contribution in [0.2, 0.25) is 0 Å². The summed E-state index contributed by atoms with van der Waals surface area (Å²) in [6, 6.07) is 5.21. The van der Waals surface area contributed by atoms with Gasteiger partial charge >= 0.3 is 5.97 Å². The number of ether oxygens (including phenoxy) is 1. The molecule has 0 bridgehead atoms. The highest BCUT2D eigenvalue weighted by Gasteiger charge is 2.17. The first-order valence-corrected chi connectivity index (χ1v) is 11.9. The lowest BCUT2D eigenvalue weighted by Gasteiger charge is -2.27. The van der Waals surface area contributed by atoms with Crippen LogP contribution in [0.5, 0.6) is 0 Å². The minimum Gasteiger partial charge on any atom is -0.466 e. The van der Waals surface area contributed by atoms with Crippen molar-refractivity contribution >= 4 is 37.6 Å². The number of carbonyl (C=O) groups is 1. The van der Waals surface area contributed by atoms with Crippen LogP contribution in [0.1, 0.15) is 5.56 Å². The zero-order valence-electron chi connectivity index (χ0n) is 16.5. The van der Waals surface area contributed by atoms with E-state index in [1.807, 2.05) is 0 Å². The Kier molecular flexibility index (Phi) is 9.35. The first kappa shape index (κ1) is 25.5. The largest absolute Gasteiger partial charge is 0.466 e. The minimum absolute atomic E-state index is 0.0694. The van der Waals surface area contributed by atoms with Crippen LogP contribution in [0.15, 0.2) is 30.3 Å². The van der Waals surface area contributed by atoms with Crippen LogP contribution in [0.25, 0.3) is 5.70 Å². The van der Waals surface area contributed by atoms with Crippen molar-refractivity contribution in [3.05, 3.63) is 46.0 Å². The summed E-state index contributed by atoms with van der Waals surface area (Å²) in [7, 11) is -6.32.